The van der Waals surface area contributed by atoms with E-state index in [0.29, 0.717) is 5.69 Å². The van der Waals surface area contributed by atoms with E-state index >= 15 is 0 Å². The minimum atomic E-state index is -4.49. The predicted molar refractivity (Wildman–Crippen MR) is 75.4 cm³/mol. The molecular formula is C13H11ClF3N3O3. The highest BCUT2D eigenvalue weighted by atomic mass is 35.5. The molecule has 0 fully saturated rings. The number of hydrogen-bond donors (Lipinski definition) is 2. The molecule has 1 aromatic heterocycles. The van der Waals surface area contributed by atoms with E-state index in [0.717, 1.165) is 0 Å². The number of halogens is 4. The quantitative estimate of drug-likeness (QED) is 0.865. The van der Waals surface area contributed by atoms with Crippen LogP contribution in [-0.4, -0.2) is 24.0 Å². The van der Waals surface area contributed by atoms with Crippen molar-refractivity contribution in [3.05, 3.63) is 41.2 Å². The highest BCUT2D eigenvalue weighted by molar-refractivity contribution is 6.31. The first-order valence-electron chi connectivity index (χ1n) is 6.27. The van der Waals surface area contributed by atoms with Crippen molar-refractivity contribution in [1.29, 1.82) is 0 Å². The lowest BCUT2D eigenvalue weighted by atomic mass is 10.3. The van der Waals surface area contributed by atoms with Crippen molar-refractivity contribution < 1.29 is 27.2 Å². The number of alkyl halides is 3. The van der Waals surface area contributed by atoms with Gasteiger partial charge in [0.25, 0.3) is 0 Å². The first-order valence-corrected chi connectivity index (χ1v) is 6.64. The van der Waals surface area contributed by atoms with E-state index in [2.05, 4.69) is 25.1 Å². The fourth-order valence-corrected chi connectivity index (χ4v) is 1.72. The monoisotopic (exact) mass is 349 g/mol. The minimum Gasteiger partial charge on any atom is -0.482 e. The Bertz CT molecular complexity index is 662. The fourth-order valence-electron chi connectivity index (χ4n) is 1.55. The normalized spacial score (nSPS) is 11.1. The minimum absolute atomic E-state index is 0.0133. The van der Waals surface area contributed by atoms with Crippen LogP contribution in [0.15, 0.2) is 35.1 Å². The maximum Gasteiger partial charge on any atom is 0.422 e. The van der Waals surface area contributed by atoms with Crippen LogP contribution in [0.1, 0.15) is 5.69 Å². The molecule has 23 heavy (non-hydrogen) atoms. The smallest absolute Gasteiger partial charge is 0.422 e. The van der Waals surface area contributed by atoms with E-state index in [1.54, 1.807) is 6.07 Å². The number of anilines is 1. The number of hydrogen-bond acceptors (Lipinski definition) is 4. The van der Waals surface area contributed by atoms with Crippen molar-refractivity contribution in [1.82, 2.24) is 10.5 Å². The molecule has 0 aliphatic heterocycles. The lowest BCUT2D eigenvalue weighted by Gasteiger charge is -2.14. The maximum absolute atomic E-state index is 12.2. The lowest BCUT2D eigenvalue weighted by Crippen LogP contribution is -2.28. The summed E-state index contributed by atoms with van der Waals surface area (Å²) in [5, 5.41) is 8.65. The molecule has 0 saturated heterocycles. The molecule has 2 aromatic rings. The highest BCUT2D eigenvalue weighted by Gasteiger charge is 2.29. The molecule has 0 radical (unpaired) electrons. The Kier molecular flexibility index (Phi) is 5.32. The second-order valence-corrected chi connectivity index (χ2v) is 4.78. The fraction of sp³-hybridized carbons (Fsp3) is 0.231. The number of carbonyl (C=O) groups is 1. The van der Waals surface area contributed by atoms with Crippen molar-refractivity contribution in [2.45, 2.75) is 12.7 Å². The summed E-state index contributed by atoms with van der Waals surface area (Å²) in [7, 11) is 0. The van der Waals surface area contributed by atoms with Crippen LogP contribution in [-0.2, 0) is 6.54 Å². The number of nitrogens with zero attached hydrogens (tertiary/aromatic N) is 1. The number of amides is 2. The van der Waals surface area contributed by atoms with Crippen molar-refractivity contribution >= 4 is 23.3 Å². The molecule has 2 amide bonds. The van der Waals surface area contributed by atoms with Crippen LogP contribution in [0.2, 0.25) is 5.02 Å². The number of benzene rings is 1. The Hall–Kier alpha value is -2.42. The van der Waals surface area contributed by atoms with Gasteiger partial charge in [0.1, 0.15) is 17.7 Å². The Morgan fingerprint density at radius 3 is 2.78 bits per heavy atom. The predicted octanol–water partition coefficient (Wildman–Crippen LogP) is 3.59. The molecular weight excluding hydrogens is 339 g/mol. The van der Waals surface area contributed by atoms with Gasteiger partial charge in [-0.3, -0.25) is 0 Å². The van der Waals surface area contributed by atoms with Crippen LogP contribution in [0.25, 0.3) is 0 Å². The van der Waals surface area contributed by atoms with Gasteiger partial charge in [-0.2, -0.15) is 13.2 Å². The molecule has 124 valence electrons. The van der Waals surface area contributed by atoms with Crippen molar-refractivity contribution in [2.24, 2.45) is 0 Å². The molecule has 2 N–H and O–H groups in total. The first kappa shape index (κ1) is 16.9. The number of rotatable bonds is 5. The summed E-state index contributed by atoms with van der Waals surface area (Å²) in [5.74, 6) is -0.150. The van der Waals surface area contributed by atoms with Gasteiger partial charge in [-0.05, 0) is 18.2 Å². The van der Waals surface area contributed by atoms with Gasteiger partial charge in [-0.1, -0.05) is 16.8 Å². The van der Waals surface area contributed by atoms with Crippen LogP contribution >= 0.6 is 11.6 Å². The van der Waals surface area contributed by atoms with Crippen molar-refractivity contribution in [3.63, 3.8) is 0 Å². The number of carbonyl (C=O) groups excluding carboxylic acids is 1. The zero-order valence-electron chi connectivity index (χ0n) is 11.5. The average Bonchev–Trinajstić information content (AvgIpc) is 2.96. The molecule has 2 rings (SSSR count). The SMILES string of the molecule is O=C(NCc1ccon1)Nc1cc(Cl)ccc1OCC(F)(F)F. The Balaban J connectivity index is 1.99. The molecule has 0 atom stereocenters. The average molecular weight is 350 g/mol. The van der Waals surface area contributed by atoms with Gasteiger partial charge in [-0.15, -0.1) is 0 Å². The third-order valence-electron chi connectivity index (χ3n) is 2.50. The van der Waals surface area contributed by atoms with Gasteiger partial charge in [0.05, 0.1) is 12.2 Å². The Morgan fingerprint density at radius 2 is 2.13 bits per heavy atom. The van der Waals surface area contributed by atoms with E-state index in [1.807, 2.05) is 0 Å². The number of nitrogens with one attached hydrogen (secondary N) is 2. The second-order valence-electron chi connectivity index (χ2n) is 4.34. The maximum atomic E-state index is 12.2. The Morgan fingerprint density at radius 1 is 1.35 bits per heavy atom. The molecule has 10 heteroatoms. The van der Waals surface area contributed by atoms with Gasteiger partial charge in [0, 0.05) is 11.1 Å². The summed E-state index contributed by atoms with van der Waals surface area (Å²) in [6, 6.07) is 4.76. The van der Waals surface area contributed by atoms with Crippen molar-refractivity contribution in [2.75, 3.05) is 11.9 Å². The van der Waals surface area contributed by atoms with Gasteiger partial charge in [0.15, 0.2) is 6.61 Å². The third kappa shape index (κ3) is 5.70. The van der Waals surface area contributed by atoms with Crippen molar-refractivity contribution in [3.8, 4) is 5.75 Å². The summed E-state index contributed by atoms with van der Waals surface area (Å²) in [4.78, 5) is 11.8. The van der Waals surface area contributed by atoms with E-state index in [-0.39, 0.29) is 23.0 Å². The third-order valence-corrected chi connectivity index (χ3v) is 2.74. The van der Waals surface area contributed by atoms with Crippen LogP contribution in [0.3, 0.4) is 0 Å². The molecule has 1 aromatic carbocycles. The largest absolute Gasteiger partial charge is 0.482 e. The summed E-state index contributed by atoms with van der Waals surface area (Å²) in [6.07, 6.45) is -3.15. The second kappa shape index (κ2) is 7.23. The standard InChI is InChI=1S/C13H11ClF3N3O3/c14-8-1-2-11(22-7-13(15,16)17)10(5-8)19-12(21)18-6-9-3-4-23-20-9/h1-5H,6-7H2,(H2,18,19,21). The van der Waals surface area contributed by atoms with Gasteiger partial charge in [-0.25, -0.2) is 4.79 Å². The van der Waals surface area contributed by atoms with Crippen LogP contribution in [0.5, 0.6) is 5.75 Å². The van der Waals surface area contributed by atoms with E-state index in [4.69, 9.17) is 11.6 Å². The van der Waals surface area contributed by atoms with Crippen LogP contribution in [0, 0.1) is 0 Å². The molecule has 0 unspecified atom stereocenters. The molecule has 0 spiro atoms. The molecule has 1 heterocycles. The van der Waals surface area contributed by atoms with E-state index in [1.165, 1.54) is 24.5 Å². The van der Waals surface area contributed by atoms with Crippen LogP contribution in [0.4, 0.5) is 23.7 Å². The number of urea groups is 1. The molecule has 6 nitrogen and oxygen atoms in total. The van der Waals surface area contributed by atoms with Gasteiger partial charge < -0.3 is 19.9 Å². The zero-order chi connectivity index (χ0) is 16.9. The van der Waals surface area contributed by atoms with E-state index in [9.17, 15) is 18.0 Å². The van der Waals surface area contributed by atoms with Gasteiger partial charge in [0.2, 0.25) is 0 Å². The van der Waals surface area contributed by atoms with Crippen LogP contribution < -0.4 is 15.4 Å². The molecule has 0 saturated carbocycles. The highest BCUT2D eigenvalue weighted by Crippen LogP contribution is 2.29. The Labute approximate surface area is 133 Å². The zero-order valence-corrected chi connectivity index (χ0v) is 12.2. The topological polar surface area (TPSA) is 76.4 Å². The van der Waals surface area contributed by atoms with Gasteiger partial charge >= 0.3 is 12.2 Å². The molecule has 0 aliphatic rings. The summed E-state index contributed by atoms with van der Waals surface area (Å²) in [6.45, 7) is -1.40. The molecule has 0 aliphatic carbocycles. The lowest BCUT2D eigenvalue weighted by molar-refractivity contribution is -0.153. The van der Waals surface area contributed by atoms with E-state index < -0.39 is 18.8 Å². The summed E-state index contributed by atoms with van der Waals surface area (Å²) < 4.78 is 45.9. The summed E-state index contributed by atoms with van der Waals surface area (Å²) >= 11 is 5.78. The number of aromatic nitrogens is 1. The molecule has 0 bridgehead atoms. The number of ether oxygens (including phenoxy) is 1. The summed E-state index contributed by atoms with van der Waals surface area (Å²) in [5.41, 5.74) is 0.499. The first-order chi connectivity index (χ1) is 10.8.